The SMILES string of the molecule is C#CC(CC)NC1CCC(C(C)C)CC1. The van der Waals surface area contributed by atoms with Crippen LogP contribution in [-0.2, 0) is 0 Å². The molecule has 1 nitrogen and oxygen atoms in total. The molecule has 0 aliphatic heterocycles. The van der Waals surface area contributed by atoms with Gasteiger partial charge in [-0.05, 0) is 43.9 Å². The van der Waals surface area contributed by atoms with Crippen molar-refractivity contribution in [2.45, 2.75) is 65.0 Å². The molecule has 0 spiro atoms. The van der Waals surface area contributed by atoms with Crippen molar-refractivity contribution < 1.29 is 0 Å². The summed E-state index contributed by atoms with van der Waals surface area (Å²) in [6.45, 7) is 6.83. The lowest BCUT2D eigenvalue weighted by Crippen LogP contribution is -2.40. The zero-order chi connectivity index (χ0) is 11.3. The summed E-state index contributed by atoms with van der Waals surface area (Å²) < 4.78 is 0. The molecule has 1 rings (SSSR count). The van der Waals surface area contributed by atoms with Gasteiger partial charge in [-0.15, -0.1) is 6.42 Å². The zero-order valence-corrected chi connectivity index (χ0v) is 10.4. The average Bonchev–Trinajstić information content (AvgIpc) is 2.26. The largest absolute Gasteiger partial charge is 0.301 e. The molecule has 1 saturated carbocycles. The Morgan fingerprint density at radius 2 is 1.87 bits per heavy atom. The molecule has 1 fully saturated rings. The van der Waals surface area contributed by atoms with Crippen LogP contribution in [0.1, 0.15) is 52.9 Å². The minimum Gasteiger partial charge on any atom is -0.301 e. The van der Waals surface area contributed by atoms with E-state index in [1.165, 1.54) is 25.7 Å². The van der Waals surface area contributed by atoms with Crippen LogP contribution in [0, 0.1) is 24.2 Å². The van der Waals surface area contributed by atoms with Gasteiger partial charge in [-0.1, -0.05) is 26.7 Å². The van der Waals surface area contributed by atoms with E-state index in [2.05, 4.69) is 32.0 Å². The fourth-order valence-corrected chi connectivity index (χ4v) is 2.52. The number of rotatable bonds is 4. The third-order valence-electron chi connectivity index (χ3n) is 3.76. The molecular weight excluding hydrogens is 182 g/mol. The zero-order valence-electron chi connectivity index (χ0n) is 10.4. The minimum absolute atomic E-state index is 0.283. The maximum Gasteiger partial charge on any atom is 0.0686 e. The number of hydrogen-bond donors (Lipinski definition) is 1. The van der Waals surface area contributed by atoms with Crippen LogP contribution in [0.25, 0.3) is 0 Å². The maximum absolute atomic E-state index is 5.46. The highest BCUT2D eigenvalue weighted by atomic mass is 14.9. The first-order valence-electron chi connectivity index (χ1n) is 6.39. The van der Waals surface area contributed by atoms with Gasteiger partial charge in [0.05, 0.1) is 6.04 Å². The first kappa shape index (κ1) is 12.6. The normalized spacial score (nSPS) is 28.7. The highest BCUT2D eigenvalue weighted by molar-refractivity contribution is 4.99. The molecule has 0 amide bonds. The van der Waals surface area contributed by atoms with Gasteiger partial charge in [-0.25, -0.2) is 0 Å². The molecule has 0 saturated heterocycles. The van der Waals surface area contributed by atoms with E-state index in [1.54, 1.807) is 0 Å². The van der Waals surface area contributed by atoms with Gasteiger partial charge in [0.25, 0.3) is 0 Å². The van der Waals surface area contributed by atoms with Crippen molar-refractivity contribution in [3.8, 4) is 12.3 Å². The molecule has 1 unspecified atom stereocenters. The Bertz CT molecular complexity index is 206. The van der Waals surface area contributed by atoms with E-state index in [4.69, 9.17) is 6.42 Å². The lowest BCUT2D eigenvalue weighted by Gasteiger charge is -2.32. The minimum atomic E-state index is 0.283. The second kappa shape index (κ2) is 6.18. The molecule has 86 valence electrons. The quantitative estimate of drug-likeness (QED) is 0.698. The number of terminal acetylenes is 1. The van der Waals surface area contributed by atoms with Crippen molar-refractivity contribution in [2.24, 2.45) is 11.8 Å². The van der Waals surface area contributed by atoms with Gasteiger partial charge < -0.3 is 5.32 Å². The lowest BCUT2D eigenvalue weighted by molar-refractivity contribution is 0.234. The monoisotopic (exact) mass is 207 g/mol. The van der Waals surface area contributed by atoms with E-state index in [0.29, 0.717) is 6.04 Å². The molecule has 1 aliphatic carbocycles. The molecule has 15 heavy (non-hydrogen) atoms. The Morgan fingerprint density at radius 3 is 2.27 bits per heavy atom. The summed E-state index contributed by atoms with van der Waals surface area (Å²) in [5.74, 6) is 4.61. The number of hydrogen-bond acceptors (Lipinski definition) is 1. The smallest absolute Gasteiger partial charge is 0.0686 e. The van der Waals surface area contributed by atoms with Crippen molar-refractivity contribution >= 4 is 0 Å². The van der Waals surface area contributed by atoms with Gasteiger partial charge in [-0.2, -0.15) is 0 Å². The first-order valence-corrected chi connectivity index (χ1v) is 6.39. The molecule has 1 N–H and O–H groups in total. The summed E-state index contributed by atoms with van der Waals surface area (Å²) >= 11 is 0. The number of nitrogens with one attached hydrogen (secondary N) is 1. The molecule has 1 atom stereocenters. The van der Waals surface area contributed by atoms with Crippen LogP contribution in [-0.4, -0.2) is 12.1 Å². The van der Waals surface area contributed by atoms with Crippen LogP contribution in [0.3, 0.4) is 0 Å². The molecule has 0 radical (unpaired) electrons. The summed E-state index contributed by atoms with van der Waals surface area (Å²) in [6, 6.07) is 0.951. The van der Waals surface area contributed by atoms with Crippen LogP contribution in [0.4, 0.5) is 0 Å². The molecule has 0 aromatic heterocycles. The van der Waals surface area contributed by atoms with E-state index < -0.39 is 0 Å². The predicted molar refractivity (Wildman–Crippen MR) is 66.6 cm³/mol. The summed E-state index contributed by atoms with van der Waals surface area (Å²) in [5, 5.41) is 3.58. The van der Waals surface area contributed by atoms with Crippen LogP contribution >= 0.6 is 0 Å². The Morgan fingerprint density at radius 1 is 1.27 bits per heavy atom. The van der Waals surface area contributed by atoms with E-state index in [1.807, 2.05) is 0 Å². The average molecular weight is 207 g/mol. The highest BCUT2D eigenvalue weighted by Crippen LogP contribution is 2.29. The summed E-state index contributed by atoms with van der Waals surface area (Å²) in [6.07, 6.45) is 11.9. The Labute approximate surface area is 95.0 Å². The van der Waals surface area contributed by atoms with E-state index in [0.717, 1.165) is 18.3 Å². The van der Waals surface area contributed by atoms with E-state index >= 15 is 0 Å². The van der Waals surface area contributed by atoms with E-state index in [-0.39, 0.29) is 6.04 Å². The topological polar surface area (TPSA) is 12.0 Å². The molecule has 1 heteroatoms. The van der Waals surface area contributed by atoms with Gasteiger partial charge in [0, 0.05) is 6.04 Å². The van der Waals surface area contributed by atoms with Crippen molar-refractivity contribution in [2.75, 3.05) is 0 Å². The summed E-state index contributed by atoms with van der Waals surface area (Å²) in [4.78, 5) is 0. The predicted octanol–water partition coefficient (Wildman–Crippen LogP) is 3.20. The molecule has 1 aliphatic rings. The second-order valence-corrected chi connectivity index (χ2v) is 5.15. The van der Waals surface area contributed by atoms with Gasteiger partial charge in [0.1, 0.15) is 0 Å². The standard InChI is InChI=1S/C14H25N/c1-5-13(6-2)15-14-9-7-12(8-10-14)11(3)4/h1,11-15H,6-10H2,2-4H3. The fraction of sp³-hybridized carbons (Fsp3) is 0.857. The second-order valence-electron chi connectivity index (χ2n) is 5.15. The van der Waals surface area contributed by atoms with Crippen LogP contribution < -0.4 is 5.32 Å². The van der Waals surface area contributed by atoms with Crippen LogP contribution in [0.15, 0.2) is 0 Å². The molecule has 0 heterocycles. The molecular formula is C14H25N. The van der Waals surface area contributed by atoms with Crippen molar-refractivity contribution in [3.05, 3.63) is 0 Å². The summed E-state index contributed by atoms with van der Waals surface area (Å²) in [5.41, 5.74) is 0. The van der Waals surface area contributed by atoms with Gasteiger partial charge in [-0.3, -0.25) is 0 Å². The molecule has 0 aromatic rings. The van der Waals surface area contributed by atoms with Crippen LogP contribution in [0.2, 0.25) is 0 Å². The third kappa shape index (κ3) is 3.87. The summed E-state index contributed by atoms with van der Waals surface area (Å²) in [7, 11) is 0. The van der Waals surface area contributed by atoms with Crippen molar-refractivity contribution in [1.29, 1.82) is 0 Å². The lowest BCUT2D eigenvalue weighted by atomic mass is 9.79. The van der Waals surface area contributed by atoms with E-state index in [9.17, 15) is 0 Å². The first-order chi connectivity index (χ1) is 7.17. The Hall–Kier alpha value is -0.480. The van der Waals surface area contributed by atoms with Crippen LogP contribution in [0.5, 0.6) is 0 Å². The molecule has 0 bridgehead atoms. The third-order valence-corrected chi connectivity index (χ3v) is 3.76. The van der Waals surface area contributed by atoms with Crippen molar-refractivity contribution in [3.63, 3.8) is 0 Å². The maximum atomic E-state index is 5.46. The van der Waals surface area contributed by atoms with Gasteiger partial charge in [0.15, 0.2) is 0 Å². The Balaban J connectivity index is 2.29. The van der Waals surface area contributed by atoms with Gasteiger partial charge in [0.2, 0.25) is 0 Å². The molecule has 0 aromatic carbocycles. The fourth-order valence-electron chi connectivity index (χ4n) is 2.52. The van der Waals surface area contributed by atoms with Crippen molar-refractivity contribution in [1.82, 2.24) is 5.32 Å². The Kier molecular flexibility index (Phi) is 5.19. The van der Waals surface area contributed by atoms with Gasteiger partial charge >= 0.3 is 0 Å². The highest BCUT2D eigenvalue weighted by Gasteiger charge is 2.23.